The van der Waals surface area contributed by atoms with Gasteiger partial charge in [-0.05, 0) is 57.0 Å². The van der Waals surface area contributed by atoms with Crippen molar-refractivity contribution in [2.45, 2.75) is 52.1 Å². The Labute approximate surface area is 156 Å². The molecule has 2 unspecified atom stereocenters. The van der Waals surface area contributed by atoms with Crippen LogP contribution in [0.3, 0.4) is 0 Å². The van der Waals surface area contributed by atoms with Gasteiger partial charge in [0.25, 0.3) is 0 Å². The van der Waals surface area contributed by atoms with E-state index in [1.165, 1.54) is 11.1 Å². The second kappa shape index (κ2) is 7.68. The highest BCUT2D eigenvalue weighted by atomic mass is 16.6. The van der Waals surface area contributed by atoms with Gasteiger partial charge in [0, 0.05) is 24.9 Å². The van der Waals surface area contributed by atoms with Crippen molar-refractivity contribution in [1.82, 2.24) is 0 Å². The van der Waals surface area contributed by atoms with Crippen molar-refractivity contribution in [3.05, 3.63) is 59.2 Å². The van der Waals surface area contributed by atoms with E-state index in [2.05, 4.69) is 44.3 Å². The summed E-state index contributed by atoms with van der Waals surface area (Å²) in [5.74, 6) is 0.864. The molecule has 4 nitrogen and oxygen atoms in total. The first-order valence-corrected chi connectivity index (χ1v) is 9.24. The first kappa shape index (κ1) is 18.7. The van der Waals surface area contributed by atoms with Crippen LogP contribution in [0.1, 0.15) is 43.6 Å². The van der Waals surface area contributed by atoms with Crippen LogP contribution in [0.25, 0.3) is 0 Å². The minimum absolute atomic E-state index is 0.170. The summed E-state index contributed by atoms with van der Waals surface area (Å²) in [6.45, 7) is 9.41. The van der Waals surface area contributed by atoms with Crippen molar-refractivity contribution in [1.29, 1.82) is 0 Å². The van der Waals surface area contributed by atoms with E-state index in [0.29, 0.717) is 13.2 Å². The first-order valence-electron chi connectivity index (χ1n) is 9.24. The molecule has 0 spiro atoms. The highest BCUT2D eigenvalue weighted by Crippen LogP contribution is 2.44. The Morgan fingerprint density at radius 1 is 1.12 bits per heavy atom. The van der Waals surface area contributed by atoms with Crippen molar-refractivity contribution in [2.75, 3.05) is 19.0 Å². The highest BCUT2D eigenvalue weighted by Gasteiger charge is 2.45. The summed E-state index contributed by atoms with van der Waals surface area (Å²) in [4.78, 5) is 0. The minimum atomic E-state index is -0.489. The van der Waals surface area contributed by atoms with E-state index in [9.17, 15) is 0 Å². The number of aryl methyl sites for hydroxylation is 1. The molecule has 0 aliphatic carbocycles. The van der Waals surface area contributed by atoms with Gasteiger partial charge in [0.2, 0.25) is 0 Å². The molecule has 3 rings (SSSR count). The van der Waals surface area contributed by atoms with Crippen LogP contribution in [0, 0.1) is 6.92 Å². The van der Waals surface area contributed by atoms with Gasteiger partial charge in [0.15, 0.2) is 0 Å². The van der Waals surface area contributed by atoms with Gasteiger partial charge in [-0.25, -0.2) is 0 Å². The van der Waals surface area contributed by atoms with Gasteiger partial charge in [-0.3, -0.25) is 0 Å². The van der Waals surface area contributed by atoms with Gasteiger partial charge in [-0.15, -0.1) is 0 Å². The molecular formula is C22H29NO3. The number of hydrogen-bond donors (Lipinski definition) is 1. The first-order chi connectivity index (χ1) is 12.5. The zero-order valence-corrected chi connectivity index (χ0v) is 16.3. The fourth-order valence-electron chi connectivity index (χ4n) is 3.48. The van der Waals surface area contributed by atoms with Crippen LogP contribution in [0.15, 0.2) is 42.5 Å². The Morgan fingerprint density at radius 2 is 1.88 bits per heavy atom. The van der Waals surface area contributed by atoms with E-state index in [4.69, 9.17) is 14.2 Å². The molecule has 0 fully saturated rings. The second-order valence-corrected chi connectivity index (χ2v) is 7.24. The summed E-state index contributed by atoms with van der Waals surface area (Å²) in [7, 11) is 1.91. The Morgan fingerprint density at radius 3 is 2.58 bits per heavy atom. The predicted molar refractivity (Wildman–Crippen MR) is 105 cm³/mol. The predicted octanol–water partition coefficient (Wildman–Crippen LogP) is 4.87. The Hall–Kier alpha value is -2.04. The molecule has 2 aromatic carbocycles. The third-order valence-corrected chi connectivity index (χ3v) is 4.96. The van der Waals surface area contributed by atoms with Crippen LogP contribution < -0.4 is 10.1 Å². The van der Waals surface area contributed by atoms with E-state index in [1.54, 1.807) is 0 Å². The van der Waals surface area contributed by atoms with Gasteiger partial charge < -0.3 is 19.5 Å². The molecule has 1 aliphatic heterocycles. The lowest BCUT2D eigenvalue weighted by Gasteiger charge is -2.44. The number of ether oxygens (including phenoxy) is 3. The summed E-state index contributed by atoms with van der Waals surface area (Å²) in [5.41, 5.74) is 4.00. The standard InChI is InChI=1S/C22H29NO3/c1-6-24-20-18-13-17(23-5)11-12-19(18)26-22(3,4)21(20)25-14-16-10-8-7-9-15(16)2/h7-13,20-21,23H,6,14H2,1-5H3. The molecule has 0 bridgehead atoms. The number of rotatable bonds is 6. The van der Waals surface area contributed by atoms with Gasteiger partial charge in [-0.1, -0.05) is 24.3 Å². The summed E-state index contributed by atoms with van der Waals surface area (Å²) in [6, 6.07) is 14.4. The Balaban J connectivity index is 1.91. The molecule has 26 heavy (non-hydrogen) atoms. The van der Waals surface area contributed by atoms with E-state index in [0.717, 1.165) is 17.0 Å². The van der Waals surface area contributed by atoms with Crippen molar-refractivity contribution < 1.29 is 14.2 Å². The zero-order valence-electron chi connectivity index (χ0n) is 16.3. The lowest BCUT2D eigenvalue weighted by molar-refractivity contribution is -0.166. The van der Waals surface area contributed by atoms with Crippen molar-refractivity contribution in [2.24, 2.45) is 0 Å². The van der Waals surface area contributed by atoms with Gasteiger partial charge in [0.1, 0.15) is 23.6 Å². The molecule has 0 aromatic heterocycles. The minimum Gasteiger partial charge on any atom is -0.485 e. The molecule has 0 saturated carbocycles. The molecule has 140 valence electrons. The largest absolute Gasteiger partial charge is 0.485 e. The molecule has 1 heterocycles. The number of fused-ring (bicyclic) bond motifs is 1. The molecule has 0 amide bonds. The van der Waals surface area contributed by atoms with Crippen LogP contribution in [0.2, 0.25) is 0 Å². The van der Waals surface area contributed by atoms with Crippen LogP contribution >= 0.6 is 0 Å². The molecule has 2 atom stereocenters. The van der Waals surface area contributed by atoms with Crippen molar-refractivity contribution >= 4 is 5.69 Å². The topological polar surface area (TPSA) is 39.7 Å². The average Bonchev–Trinajstić information content (AvgIpc) is 2.62. The normalized spacial score (nSPS) is 21.0. The van der Waals surface area contributed by atoms with Crippen LogP contribution in [0.5, 0.6) is 5.75 Å². The Bertz CT molecular complexity index is 757. The van der Waals surface area contributed by atoms with E-state index in [1.807, 2.05) is 38.2 Å². The summed E-state index contributed by atoms with van der Waals surface area (Å²) in [5, 5.41) is 3.19. The van der Waals surface area contributed by atoms with Crippen LogP contribution in [-0.4, -0.2) is 25.4 Å². The number of benzene rings is 2. The summed E-state index contributed by atoms with van der Waals surface area (Å²) >= 11 is 0. The maximum Gasteiger partial charge on any atom is 0.132 e. The fraction of sp³-hybridized carbons (Fsp3) is 0.455. The third-order valence-electron chi connectivity index (χ3n) is 4.96. The number of hydrogen-bond acceptors (Lipinski definition) is 4. The van der Waals surface area contributed by atoms with Crippen LogP contribution in [0.4, 0.5) is 5.69 Å². The third kappa shape index (κ3) is 3.71. The lowest BCUT2D eigenvalue weighted by Crippen LogP contribution is -2.51. The van der Waals surface area contributed by atoms with E-state index >= 15 is 0 Å². The number of anilines is 1. The van der Waals surface area contributed by atoms with E-state index < -0.39 is 5.60 Å². The monoisotopic (exact) mass is 355 g/mol. The summed E-state index contributed by atoms with van der Waals surface area (Å²) < 4.78 is 18.8. The Kier molecular flexibility index (Phi) is 5.54. The molecule has 1 aliphatic rings. The van der Waals surface area contributed by atoms with Gasteiger partial charge in [0.05, 0.1) is 6.61 Å². The zero-order chi connectivity index (χ0) is 18.7. The quantitative estimate of drug-likeness (QED) is 0.802. The summed E-state index contributed by atoms with van der Waals surface area (Å²) in [6.07, 6.45) is -0.377. The van der Waals surface area contributed by atoms with Crippen molar-refractivity contribution in [3.63, 3.8) is 0 Å². The maximum absolute atomic E-state index is 6.39. The maximum atomic E-state index is 6.39. The number of nitrogens with one attached hydrogen (secondary N) is 1. The van der Waals surface area contributed by atoms with Gasteiger partial charge in [-0.2, -0.15) is 0 Å². The highest BCUT2D eigenvalue weighted by molar-refractivity contribution is 5.53. The molecular weight excluding hydrogens is 326 g/mol. The average molecular weight is 355 g/mol. The van der Waals surface area contributed by atoms with Gasteiger partial charge >= 0.3 is 0 Å². The molecule has 0 radical (unpaired) electrons. The molecule has 2 aromatic rings. The fourth-order valence-corrected chi connectivity index (χ4v) is 3.48. The van der Waals surface area contributed by atoms with Crippen LogP contribution in [-0.2, 0) is 16.1 Å². The van der Waals surface area contributed by atoms with Crippen molar-refractivity contribution in [3.8, 4) is 5.75 Å². The molecule has 1 N–H and O–H groups in total. The molecule has 0 saturated heterocycles. The smallest absolute Gasteiger partial charge is 0.132 e. The lowest BCUT2D eigenvalue weighted by atomic mass is 9.87. The van der Waals surface area contributed by atoms with E-state index in [-0.39, 0.29) is 12.2 Å². The second-order valence-electron chi connectivity index (χ2n) is 7.24. The molecule has 4 heteroatoms. The SMILES string of the molecule is CCOC1c2cc(NC)ccc2OC(C)(C)C1OCc1ccccc1C.